The molecule has 0 atom stereocenters. The van der Waals surface area contributed by atoms with Crippen LogP contribution in [0.25, 0.3) is 22.6 Å². The first-order valence-corrected chi connectivity index (χ1v) is 12.7. The van der Waals surface area contributed by atoms with E-state index in [1.807, 2.05) is 43.3 Å². The molecule has 1 fully saturated rings. The van der Waals surface area contributed by atoms with E-state index in [-0.39, 0.29) is 18.0 Å². The average molecular weight is 475 g/mol. The van der Waals surface area contributed by atoms with Gasteiger partial charge in [0.05, 0.1) is 6.42 Å². The zero-order chi connectivity index (χ0) is 24.6. The van der Waals surface area contributed by atoms with Crippen LogP contribution in [0.1, 0.15) is 73.0 Å². The van der Waals surface area contributed by atoms with Crippen molar-refractivity contribution >= 4 is 11.9 Å². The fourth-order valence-electron chi connectivity index (χ4n) is 5.09. The quantitative estimate of drug-likeness (QED) is 0.331. The lowest BCUT2D eigenvalue weighted by atomic mass is 9.86. The van der Waals surface area contributed by atoms with E-state index in [0.717, 1.165) is 46.6 Å². The number of carboxylic acids is 1. The van der Waals surface area contributed by atoms with Crippen molar-refractivity contribution in [2.75, 3.05) is 6.54 Å². The van der Waals surface area contributed by atoms with Crippen molar-refractivity contribution in [2.24, 2.45) is 5.92 Å². The number of amides is 1. The van der Waals surface area contributed by atoms with Gasteiger partial charge in [-0.25, -0.2) is 4.98 Å². The summed E-state index contributed by atoms with van der Waals surface area (Å²) in [6, 6.07) is 13.4. The largest absolute Gasteiger partial charge is 0.481 e. The SMILES string of the molecule is Cc1c(CC(=O)O)ccc(-c2nc(C(=O)NCCCCC3CCCCC3)co2)c1-c1ccccc1. The summed E-state index contributed by atoms with van der Waals surface area (Å²) in [6.45, 7) is 2.54. The fraction of sp³-hybridized carbons (Fsp3) is 0.414. The lowest BCUT2D eigenvalue weighted by Gasteiger charge is -2.21. The molecule has 1 saturated carbocycles. The lowest BCUT2D eigenvalue weighted by molar-refractivity contribution is -0.136. The number of rotatable bonds is 10. The van der Waals surface area contributed by atoms with Crippen LogP contribution in [0.5, 0.6) is 0 Å². The van der Waals surface area contributed by atoms with E-state index in [9.17, 15) is 14.7 Å². The lowest BCUT2D eigenvalue weighted by Crippen LogP contribution is -2.24. The molecule has 1 heterocycles. The number of aromatic nitrogens is 1. The number of hydrogen-bond donors (Lipinski definition) is 2. The van der Waals surface area contributed by atoms with Crippen molar-refractivity contribution in [1.29, 1.82) is 0 Å². The third-order valence-electron chi connectivity index (χ3n) is 7.00. The smallest absolute Gasteiger partial charge is 0.307 e. The standard InChI is InChI=1S/C29H34N2O4/c1-20-23(18-26(32)33)15-16-24(27(20)22-13-6-3-7-14-22)29-31-25(19-35-29)28(34)30-17-9-8-12-21-10-4-2-5-11-21/h3,6-7,13-16,19,21H,2,4-5,8-12,17-18H2,1H3,(H,30,34)(H,32,33). The van der Waals surface area contributed by atoms with Crippen LogP contribution in [0.2, 0.25) is 0 Å². The molecule has 0 spiro atoms. The maximum absolute atomic E-state index is 12.7. The second kappa shape index (κ2) is 11.8. The Morgan fingerprint density at radius 2 is 1.83 bits per heavy atom. The van der Waals surface area contributed by atoms with E-state index < -0.39 is 5.97 Å². The number of benzene rings is 2. The molecule has 35 heavy (non-hydrogen) atoms. The minimum atomic E-state index is -0.881. The summed E-state index contributed by atoms with van der Waals surface area (Å²) in [6.07, 6.45) is 11.5. The first-order valence-electron chi connectivity index (χ1n) is 12.7. The Labute approximate surface area is 206 Å². The van der Waals surface area contributed by atoms with Crippen LogP contribution < -0.4 is 5.32 Å². The Bertz CT molecular complexity index is 1150. The van der Waals surface area contributed by atoms with Gasteiger partial charge in [0.15, 0.2) is 5.69 Å². The number of hydrogen-bond acceptors (Lipinski definition) is 4. The summed E-state index contributed by atoms with van der Waals surface area (Å²) in [5.41, 5.74) is 4.37. The highest BCUT2D eigenvalue weighted by atomic mass is 16.4. The molecule has 3 aromatic rings. The molecule has 184 valence electrons. The molecule has 0 bridgehead atoms. The summed E-state index contributed by atoms with van der Waals surface area (Å²) >= 11 is 0. The molecule has 4 rings (SSSR count). The van der Waals surface area contributed by atoms with Crippen LogP contribution in [0.15, 0.2) is 53.1 Å². The van der Waals surface area contributed by atoms with Crippen molar-refractivity contribution in [2.45, 2.75) is 64.7 Å². The molecule has 0 aliphatic heterocycles. The van der Waals surface area contributed by atoms with Gasteiger partial charge in [-0.2, -0.15) is 0 Å². The number of carboxylic acid groups (broad SMARTS) is 1. The number of nitrogens with zero attached hydrogens (tertiary/aromatic N) is 1. The zero-order valence-corrected chi connectivity index (χ0v) is 20.4. The predicted octanol–water partition coefficient (Wildman–Crippen LogP) is 6.42. The maximum Gasteiger partial charge on any atom is 0.307 e. The molecule has 1 amide bonds. The third-order valence-corrected chi connectivity index (χ3v) is 7.00. The summed E-state index contributed by atoms with van der Waals surface area (Å²) in [7, 11) is 0. The highest BCUT2D eigenvalue weighted by Gasteiger charge is 2.20. The van der Waals surface area contributed by atoms with E-state index >= 15 is 0 Å². The molecule has 1 aromatic heterocycles. The average Bonchev–Trinajstić information content (AvgIpc) is 3.36. The topological polar surface area (TPSA) is 92.4 Å². The Morgan fingerprint density at radius 3 is 2.57 bits per heavy atom. The second-order valence-electron chi connectivity index (χ2n) is 9.50. The van der Waals surface area contributed by atoms with Crippen molar-refractivity contribution in [1.82, 2.24) is 10.3 Å². The highest BCUT2D eigenvalue weighted by molar-refractivity contribution is 5.93. The Kier molecular flexibility index (Phi) is 8.35. The fourth-order valence-corrected chi connectivity index (χ4v) is 5.09. The number of unbranched alkanes of at least 4 members (excludes halogenated alkanes) is 1. The summed E-state index contributed by atoms with van der Waals surface area (Å²) in [5, 5.41) is 12.3. The van der Waals surface area contributed by atoms with Crippen LogP contribution in [0.4, 0.5) is 0 Å². The highest BCUT2D eigenvalue weighted by Crippen LogP contribution is 2.36. The molecule has 0 radical (unpaired) electrons. The van der Waals surface area contributed by atoms with Crippen molar-refractivity contribution < 1.29 is 19.1 Å². The molecular weight excluding hydrogens is 440 g/mol. The molecule has 0 unspecified atom stereocenters. The molecule has 0 saturated heterocycles. The van der Waals surface area contributed by atoms with Gasteiger partial charge in [0.1, 0.15) is 6.26 Å². The Hall–Kier alpha value is -3.41. The van der Waals surface area contributed by atoms with Crippen LogP contribution in [-0.4, -0.2) is 28.5 Å². The number of oxazole rings is 1. The van der Waals surface area contributed by atoms with E-state index in [1.165, 1.54) is 44.8 Å². The van der Waals surface area contributed by atoms with Gasteiger partial charge < -0.3 is 14.8 Å². The summed E-state index contributed by atoms with van der Waals surface area (Å²) in [5.74, 6) is 0.0878. The van der Waals surface area contributed by atoms with E-state index in [1.54, 1.807) is 6.07 Å². The van der Waals surface area contributed by atoms with Gasteiger partial charge in [0.2, 0.25) is 5.89 Å². The first-order chi connectivity index (χ1) is 17.0. The number of carbonyl (C=O) groups is 2. The van der Waals surface area contributed by atoms with Gasteiger partial charge in [-0.15, -0.1) is 0 Å². The molecule has 6 heteroatoms. The van der Waals surface area contributed by atoms with Gasteiger partial charge in [-0.3, -0.25) is 9.59 Å². The van der Waals surface area contributed by atoms with Crippen LogP contribution in [0, 0.1) is 12.8 Å². The van der Waals surface area contributed by atoms with Crippen molar-refractivity contribution in [3.63, 3.8) is 0 Å². The Balaban J connectivity index is 1.45. The summed E-state index contributed by atoms with van der Waals surface area (Å²) in [4.78, 5) is 28.5. The second-order valence-corrected chi connectivity index (χ2v) is 9.50. The van der Waals surface area contributed by atoms with Gasteiger partial charge >= 0.3 is 5.97 Å². The first kappa shape index (κ1) is 24.7. The molecule has 1 aliphatic rings. The van der Waals surface area contributed by atoms with Crippen LogP contribution >= 0.6 is 0 Å². The zero-order valence-electron chi connectivity index (χ0n) is 20.4. The van der Waals surface area contributed by atoms with E-state index in [0.29, 0.717) is 12.4 Å². The minimum Gasteiger partial charge on any atom is -0.481 e. The minimum absolute atomic E-state index is 0.0636. The van der Waals surface area contributed by atoms with Gasteiger partial charge in [0, 0.05) is 12.1 Å². The molecule has 2 N–H and O–H groups in total. The number of aliphatic carboxylic acids is 1. The molecule has 1 aliphatic carbocycles. The third kappa shape index (κ3) is 6.38. The Morgan fingerprint density at radius 1 is 1.06 bits per heavy atom. The van der Waals surface area contributed by atoms with Gasteiger partial charge in [-0.05, 0) is 47.6 Å². The number of nitrogens with one attached hydrogen (secondary N) is 1. The monoisotopic (exact) mass is 474 g/mol. The molecule has 6 nitrogen and oxygen atoms in total. The molecule has 2 aromatic carbocycles. The predicted molar refractivity (Wildman–Crippen MR) is 136 cm³/mol. The molecular formula is C29H34N2O4. The summed E-state index contributed by atoms with van der Waals surface area (Å²) < 4.78 is 5.73. The van der Waals surface area contributed by atoms with Crippen LogP contribution in [0.3, 0.4) is 0 Å². The van der Waals surface area contributed by atoms with Crippen molar-refractivity contribution in [3.8, 4) is 22.6 Å². The van der Waals surface area contributed by atoms with E-state index in [4.69, 9.17) is 4.42 Å². The number of carbonyl (C=O) groups excluding carboxylic acids is 1. The van der Waals surface area contributed by atoms with Gasteiger partial charge in [0.25, 0.3) is 5.91 Å². The van der Waals surface area contributed by atoms with E-state index in [2.05, 4.69) is 10.3 Å². The normalized spacial score (nSPS) is 14.1. The maximum atomic E-state index is 12.7. The van der Waals surface area contributed by atoms with Gasteiger partial charge in [-0.1, -0.05) is 81.3 Å². The van der Waals surface area contributed by atoms with Crippen molar-refractivity contribution in [3.05, 3.63) is 65.5 Å². The van der Waals surface area contributed by atoms with Crippen LogP contribution in [-0.2, 0) is 11.2 Å².